The van der Waals surface area contributed by atoms with Crippen LogP contribution in [-0.2, 0) is 10.0 Å². The highest BCUT2D eigenvalue weighted by Gasteiger charge is 2.21. The Bertz CT molecular complexity index is 673. The van der Waals surface area contributed by atoms with Gasteiger partial charge >= 0.3 is 0 Å². The van der Waals surface area contributed by atoms with E-state index in [0.29, 0.717) is 0 Å². The lowest BCUT2D eigenvalue weighted by Gasteiger charge is -2.13. The van der Waals surface area contributed by atoms with Gasteiger partial charge in [-0.3, -0.25) is 5.10 Å². The van der Waals surface area contributed by atoms with Gasteiger partial charge in [0.2, 0.25) is 10.0 Å². The number of aromatic amines is 1. The molecule has 0 aliphatic rings. The first-order valence-corrected chi connectivity index (χ1v) is 8.01. The molecule has 1 atom stereocenters. The van der Waals surface area contributed by atoms with Gasteiger partial charge in [0.05, 0.1) is 11.2 Å². The maximum absolute atomic E-state index is 12.2. The minimum atomic E-state index is -3.68. The Labute approximate surface area is 124 Å². The van der Waals surface area contributed by atoms with Crippen molar-refractivity contribution in [3.8, 4) is 0 Å². The fourth-order valence-corrected chi connectivity index (χ4v) is 3.82. The lowest BCUT2D eigenvalue weighted by atomic mass is 10.2. The zero-order valence-electron chi connectivity index (χ0n) is 9.89. The van der Waals surface area contributed by atoms with Gasteiger partial charge in [0.25, 0.3) is 0 Å². The highest BCUT2D eigenvalue weighted by atomic mass is 79.9. The first-order valence-electron chi connectivity index (χ1n) is 5.36. The van der Waals surface area contributed by atoms with Crippen LogP contribution in [0.15, 0.2) is 40.0 Å². The quantitative estimate of drug-likeness (QED) is 0.876. The van der Waals surface area contributed by atoms with Gasteiger partial charge in [-0.2, -0.15) is 5.10 Å². The SMILES string of the molecule is CC(NS(=O)(=O)c1ccc(Br)cc1Cl)c1cn[nH]c1. The third-order valence-electron chi connectivity index (χ3n) is 2.53. The van der Waals surface area contributed by atoms with Crippen LogP contribution in [0.2, 0.25) is 5.02 Å². The minimum absolute atomic E-state index is 0.0488. The number of nitrogens with zero attached hydrogens (tertiary/aromatic N) is 1. The normalized spacial score (nSPS) is 13.4. The highest BCUT2D eigenvalue weighted by molar-refractivity contribution is 9.10. The fraction of sp³-hybridized carbons (Fsp3) is 0.182. The lowest BCUT2D eigenvalue weighted by Crippen LogP contribution is -2.26. The molecule has 8 heteroatoms. The molecule has 0 radical (unpaired) electrons. The van der Waals surface area contributed by atoms with E-state index in [1.54, 1.807) is 31.5 Å². The topological polar surface area (TPSA) is 74.8 Å². The average Bonchev–Trinajstić information content (AvgIpc) is 2.80. The van der Waals surface area contributed by atoms with Crippen molar-refractivity contribution in [2.75, 3.05) is 0 Å². The Balaban J connectivity index is 2.28. The average molecular weight is 365 g/mol. The largest absolute Gasteiger partial charge is 0.285 e. The number of rotatable bonds is 4. The molecule has 2 N–H and O–H groups in total. The van der Waals surface area contributed by atoms with Gasteiger partial charge in [0, 0.05) is 22.3 Å². The molecule has 0 saturated carbocycles. The molecule has 5 nitrogen and oxygen atoms in total. The number of sulfonamides is 1. The second kappa shape index (κ2) is 5.62. The number of hydrogen-bond acceptors (Lipinski definition) is 3. The molecular formula is C11H11BrClN3O2S. The van der Waals surface area contributed by atoms with Gasteiger partial charge in [-0.15, -0.1) is 0 Å². The third kappa shape index (κ3) is 3.36. The Kier molecular flexibility index (Phi) is 4.29. The van der Waals surface area contributed by atoms with Crippen molar-refractivity contribution >= 4 is 37.6 Å². The molecule has 1 aromatic carbocycles. The van der Waals surface area contributed by atoms with Crippen LogP contribution in [0.25, 0.3) is 0 Å². The second-order valence-corrected chi connectivity index (χ2v) is 6.95. The molecule has 2 aromatic rings. The van der Waals surface area contributed by atoms with Crippen LogP contribution in [0.3, 0.4) is 0 Å². The Morgan fingerprint density at radius 1 is 1.47 bits per heavy atom. The van der Waals surface area contributed by atoms with Crippen LogP contribution < -0.4 is 4.72 Å². The van der Waals surface area contributed by atoms with Crippen molar-refractivity contribution in [3.05, 3.63) is 45.7 Å². The Hall–Kier alpha value is -0.890. The van der Waals surface area contributed by atoms with E-state index in [-0.39, 0.29) is 9.92 Å². The molecule has 0 fully saturated rings. The van der Waals surface area contributed by atoms with Crippen molar-refractivity contribution < 1.29 is 8.42 Å². The highest BCUT2D eigenvalue weighted by Crippen LogP contribution is 2.26. The van der Waals surface area contributed by atoms with E-state index in [9.17, 15) is 8.42 Å². The molecule has 0 bridgehead atoms. The molecule has 0 amide bonds. The standard InChI is InChI=1S/C11H11BrClN3O2S/c1-7(8-5-14-15-6-8)16-19(17,18)11-3-2-9(12)4-10(11)13/h2-7,16H,1H3,(H,14,15). The number of benzene rings is 1. The summed E-state index contributed by atoms with van der Waals surface area (Å²) in [6.07, 6.45) is 3.20. The van der Waals surface area contributed by atoms with Gasteiger partial charge in [-0.1, -0.05) is 27.5 Å². The molecule has 102 valence electrons. The number of halogens is 2. The number of aromatic nitrogens is 2. The molecule has 1 heterocycles. The summed E-state index contributed by atoms with van der Waals surface area (Å²) in [7, 11) is -3.68. The maximum atomic E-state index is 12.2. The number of hydrogen-bond donors (Lipinski definition) is 2. The minimum Gasteiger partial charge on any atom is -0.285 e. The zero-order valence-corrected chi connectivity index (χ0v) is 13.1. The first-order chi connectivity index (χ1) is 8.90. The van der Waals surface area contributed by atoms with Crippen LogP contribution >= 0.6 is 27.5 Å². The predicted octanol–water partition coefficient (Wildman–Crippen LogP) is 2.87. The summed E-state index contributed by atoms with van der Waals surface area (Å²) in [6.45, 7) is 1.73. The van der Waals surface area contributed by atoms with Crippen molar-refractivity contribution in [1.82, 2.24) is 14.9 Å². The summed E-state index contributed by atoms with van der Waals surface area (Å²) in [5, 5.41) is 6.59. The molecule has 1 unspecified atom stereocenters. The van der Waals surface area contributed by atoms with Crippen LogP contribution in [0.4, 0.5) is 0 Å². The monoisotopic (exact) mass is 363 g/mol. The van der Waals surface area contributed by atoms with Crippen molar-refractivity contribution in [2.45, 2.75) is 17.9 Å². The van der Waals surface area contributed by atoms with E-state index < -0.39 is 16.1 Å². The lowest BCUT2D eigenvalue weighted by molar-refractivity contribution is 0.567. The third-order valence-corrected chi connectivity index (χ3v) is 5.05. The smallest absolute Gasteiger partial charge is 0.242 e. The summed E-state index contributed by atoms with van der Waals surface area (Å²) in [5.74, 6) is 0. The molecule has 19 heavy (non-hydrogen) atoms. The summed E-state index contributed by atoms with van der Waals surface area (Å²) in [5.41, 5.74) is 0.747. The molecule has 1 aromatic heterocycles. The van der Waals surface area contributed by atoms with E-state index in [0.717, 1.165) is 10.0 Å². The van der Waals surface area contributed by atoms with Crippen molar-refractivity contribution in [1.29, 1.82) is 0 Å². The summed E-state index contributed by atoms with van der Waals surface area (Å²) in [6, 6.07) is 4.22. The van der Waals surface area contributed by atoms with E-state index in [2.05, 4.69) is 30.8 Å². The molecule has 0 saturated heterocycles. The van der Waals surface area contributed by atoms with E-state index in [1.807, 2.05) is 0 Å². The number of H-pyrrole nitrogens is 1. The zero-order chi connectivity index (χ0) is 14.0. The maximum Gasteiger partial charge on any atom is 0.242 e. The Morgan fingerprint density at radius 2 is 2.21 bits per heavy atom. The molecule has 0 aliphatic carbocycles. The van der Waals surface area contributed by atoms with E-state index in [4.69, 9.17) is 11.6 Å². The van der Waals surface area contributed by atoms with Crippen LogP contribution in [0, 0.1) is 0 Å². The molecule has 0 spiro atoms. The van der Waals surface area contributed by atoms with E-state index >= 15 is 0 Å². The van der Waals surface area contributed by atoms with Crippen molar-refractivity contribution in [3.63, 3.8) is 0 Å². The molecule has 2 rings (SSSR count). The first kappa shape index (κ1) is 14.5. The van der Waals surface area contributed by atoms with Crippen molar-refractivity contribution in [2.24, 2.45) is 0 Å². The molecule has 0 aliphatic heterocycles. The van der Waals surface area contributed by atoms with Gasteiger partial charge in [-0.05, 0) is 25.1 Å². The van der Waals surface area contributed by atoms with Gasteiger partial charge in [0.1, 0.15) is 4.90 Å². The predicted molar refractivity (Wildman–Crippen MR) is 76.5 cm³/mol. The van der Waals surface area contributed by atoms with Crippen LogP contribution in [0.1, 0.15) is 18.5 Å². The van der Waals surface area contributed by atoms with Gasteiger partial charge in [0.15, 0.2) is 0 Å². The Morgan fingerprint density at radius 3 is 2.79 bits per heavy atom. The fourth-order valence-electron chi connectivity index (χ4n) is 1.56. The molecular weight excluding hydrogens is 354 g/mol. The summed E-state index contributed by atoms with van der Waals surface area (Å²) >= 11 is 9.19. The van der Waals surface area contributed by atoms with Crippen LogP contribution in [0.5, 0.6) is 0 Å². The summed E-state index contributed by atoms with van der Waals surface area (Å²) in [4.78, 5) is 0.0488. The number of nitrogens with one attached hydrogen (secondary N) is 2. The van der Waals surface area contributed by atoms with Crippen LogP contribution in [-0.4, -0.2) is 18.6 Å². The van der Waals surface area contributed by atoms with Gasteiger partial charge < -0.3 is 0 Å². The van der Waals surface area contributed by atoms with Gasteiger partial charge in [-0.25, -0.2) is 13.1 Å². The second-order valence-electron chi connectivity index (χ2n) is 3.95. The summed E-state index contributed by atoms with van der Waals surface area (Å²) < 4.78 is 27.7. The van der Waals surface area contributed by atoms with E-state index in [1.165, 1.54) is 6.07 Å².